The summed E-state index contributed by atoms with van der Waals surface area (Å²) in [7, 11) is 0. The number of rotatable bonds is 7. The van der Waals surface area contributed by atoms with Crippen LogP contribution in [0.5, 0.6) is 5.75 Å². The smallest absolute Gasteiger partial charge is 0.271 e. The van der Waals surface area contributed by atoms with Gasteiger partial charge >= 0.3 is 0 Å². The first-order chi connectivity index (χ1) is 12.9. The first kappa shape index (κ1) is 18.8. The number of carbonyl (C=O) groups is 1. The standard InChI is InChI=1S/C17H20FN5O4/c1-4-26-11-6-5-7-23-13(10(2)19-14(11)23)15(25)20-17(3,9-24)16-22-21-12(8-18)27-16/h5-7,24H,4,8-9H2,1-3H3,(H,20,25). The molecule has 0 saturated heterocycles. The zero-order valence-electron chi connectivity index (χ0n) is 15.2. The number of alkyl halides is 1. The van der Waals surface area contributed by atoms with E-state index >= 15 is 0 Å². The Morgan fingerprint density at radius 1 is 1.48 bits per heavy atom. The number of hydrogen-bond acceptors (Lipinski definition) is 7. The maximum atomic E-state index is 12.9. The van der Waals surface area contributed by atoms with Gasteiger partial charge in [-0.15, -0.1) is 10.2 Å². The summed E-state index contributed by atoms with van der Waals surface area (Å²) < 4.78 is 25.0. The third kappa shape index (κ3) is 3.35. The highest BCUT2D eigenvalue weighted by Gasteiger charge is 2.35. The Hall–Kier alpha value is -3.01. The van der Waals surface area contributed by atoms with E-state index in [1.54, 1.807) is 29.7 Å². The lowest BCUT2D eigenvalue weighted by atomic mass is 10.0. The molecule has 0 aliphatic rings. The molecule has 9 nitrogen and oxygen atoms in total. The van der Waals surface area contributed by atoms with Crippen LogP contribution in [-0.4, -0.2) is 43.8 Å². The second kappa shape index (κ2) is 7.31. The van der Waals surface area contributed by atoms with E-state index in [4.69, 9.17) is 9.15 Å². The molecule has 1 amide bonds. The van der Waals surface area contributed by atoms with Crippen LogP contribution in [0.2, 0.25) is 0 Å². The van der Waals surface area contributed by atoms with E-state index in [-0.39, 0.29) is 17.5 Å². The molecule has 3 aromatic heterocycles. The van der Waals surface area contributed by atoms with Gasteiger partial charge in [0.1, 0.15) is 11.2 Å². The normalized spacial score (nSPS) is 13.5. The fourth-order valence-corrected chi connectivity index (χ4v) is 2.70. The number of amides is 1. The van der Waals surface area contributed by atoms with Gasteiger partial charge in [-0.3, -0.25) is 9.20 Å². The Morgan fingerprint density at radius 3 is 2.89 bits per heavy atom. The van der Waals surface area contributed by atoms with Crippen molar-refractivity contribution < 1.29 is 23.4 Å². The van der Waals surface area contributed by atoms with Crippen molar-refractivity contribution in [1.82, 2.24) is 24.9 Å². The molecule has 0 aliphatic heterocycles. The van der Waals surface area contributed by atoms with Crippen LogP contribution < -0.4 is 10.1 Å². The Kier molecular flexibility index (Phi) is 5.08. The molecular formula is C17H20FN5O4. The van der Waals surface area contributed by atoms with Crippen LogP contribution in [0.4, 0.5) is 4.39 Å². The Labute approximate surface area is 154 Å². The van der Waals surface area contributed by atoms with E-state index in [1.165, 1.54) is 6.92 Å². The molecule has 10 heteroatoms. The van der Waals surface area contributed by atoms with Gasteiger partial charge in [-0.25, -0.2) is 9.37 Å². The number of imidazole rings is 1. The van der Waals surface area contributed by atoms with Crippen molar-refractivity contribution in [3.63, 3.8) is 0 Å². The molecule has 3 heterocycles. The minimum absolute atomic E-state index is 0.0903. The summed E-state index contributed by atoms with van der Waals surface area (Å²) in [6.07, 6.45) is 1.69. The third-order valence-corrected chi connectivity index (χ3v) is 4.06. The van der Waals surface area contributed by atoms with Gasteiger partial charge in [-0.2, -0.15) is 0 Å². The predicted octanol–water partition coefficient (Wildman–Crippen LogP) is 1.53. The number of aromatic nitrogens is 4. The average Bonchev–Trinajstić information content (AvgIpc) is 3.26. The zero-order valence-corrected chi connectivity index (χ0v) is 15.2. The fourth-order valence-electron chi connectivity index (χ4n) is 2.70. The molecule has 0 aromatic carbocycles. The molecule has 2 N–H and O–H groups in total. The lowest BCUT2D eigenvalue weighted by molar-refractivity contribution is 0.0801. The SMILES string of the molecule is CCOc1cccn2c(C(=O)NC(C)(CO)c3nnc(CF)o3)c(C)nc12. The number of nitrogens with zero attached hydrogens (tertiary/aromatic N) is 4. The molecule has 0 bridgehead atoms. The highest BCUT2D eigenvalue weighted by atomic mass is 19.1. The molecule has 3 aromatic rings. The number of aryl methyl sites for hydroxylation is 1. The number of fused-ring (bicyclic) bond motifs is 1. The molecular weight excluding hydrogens is 357 g/mol. The van der Waals surface area contributed by atoms with Crippen LogP contribution in [0.3, 0.4) is 0 Å². The largest absolute Gasteiger partial charge is 0.490 e. The highest BCUT2D eigenvalue weighted by molar-refractivity contribution is 5.95. The number of halogens is 1. The predicted molar refractivity (Wildman–Crippen MR) is 92.1 cm³/mol. The highest BCUT2D eigenvalue weighted by Crippen LogP contribution is 2.24. The molecule has 3 rings (SSSR count). The Morgan fingerprint density at radius 2 is 2.26 bits per heavy atom. The second-order valence-electron chi connectivity index (χ2n) is 6.12. The average molecular weight is 377 g/mol. The monoisotopic (exact) mass is 377 g/mol. The first-order valence-electron chi connectivity index (χ1n) is 8.36. The van der Waals surface area contributed by atoms with Gasteiger partial charge in [-0.05, 0) is 32.9 Å². The Bertz CT molecular complexity index is 970. The van der Waals surface area contributed by atoms with E-state index in [0.717, 1.165) is 0 Å². The van der Waals surface area contributed by atoms with Gasteiger partial charge in [-0.1, -0.05) is 0 Å². The van der Waals surface area contributed by atoms with Gasteiger partial charge in [0.15, 0.2) is 18.1 Å². The van der Waals surface area contributed by atoms with Crippen LogP contribution in [0.1, 0.15) is 41.8 Å². The van der Waals surface area contributed by atoms with Crippen LogP contribution in [0.15, 0.2) is 22.7 Å². The van der Waals surface area contributed by atoms with E-state index in [1.807, 2.05) is 6.92 Å². The van der Waals surface area contributed by atoms with Crippen LogP contribution in [0, 0.1) is 6.92 Å². The zero-order chi connectivity index (χ0) is 19.6. The molecule has 1 atom stereocenters. The van der Waals surface area contributed by atoms with Crippen molar-refractivity contribution in [2.24, 2.45) is 0 Å². The van der Waals surface area contributed by atoms with Gasteiger partial charge in [0, 0.05) is 6.20 Å². The summed E-state index contributed by atoms with van der Waals surface area (Å²) in [4.78, 5) is 17.4. The molecule has 0 saturated carbocycles. The summed E-state index contributed by atoms with van der Waals surface area (Å²) in [6.45, 7) is 4.06. The number of hydrogen-bond donors (Lipinski definition) is 2. The molecule has 144 valence electrons. The fraction of sp³-hybridized carbons (Fsp3) is 0.412. The molecule has 27 heavy (non-hydrogen) atoms. The molecule has 0 fully saturated rings. The maximum Gasteiger partial charge on any atom is 0.271 e. The molecule has 1 unspecified atom stereocenters. The van der Waals surface area contributed by atoms with Crippen molar-refractivity contribution in [2.75, 3.05) is 13.2 Å². The number of carbonyl (C=O) groups excluding carboxylic acids is 1. The van der Waals surface area contributed by atoms with E-state index < -0.39 is 24.7 Å². The van der Waals surface area contributed by atoms with Crippen molar-refractivity contribution >= 4 is 11.6 Å². The maximum absolute atomic E-state index is 12.9. The molecule has 0 spiro atoms. The summed E-state index contributed by atoms with van der Waals surface area (Å²) in [5, 5.41) is 19.7. The third-order valence-electron chi connectivity index (χ3n) is 4.06. The van der Waals surface area contributed by atoms with Crippen molar-refractivity contribution in [1.29, 1.82) is 0 Å². The van der Waals surface area contributed by atoms with Gasteiger partial charge in [0.25, 0.3) is 5.91 Å². The quantitative estimate of drug-likeness (QED) is 0.642. The van der Waals surface area contributed by atoms with Crippen LogP contribution >= 0.6 is 0 Å². The lowest BCUT2D eigenvalue weighted by Crippen LogP contribution is -2.47. The topological polar surface area (TPSA) is 115 Å². The number of nitrogens with one attached hydrogen (secondary N) is 1. The first-order valence-corrected chi connectivity index (χ1v) is 8.36. The second-order valence-corrected chi connectivity index (χ2v) is 6.12. The number of aliphatic hydroxyl groups is 1. The van der Waals surface area contributed by atoms with Gasteiger partial charge < -0.3 is 19.6 Å². The minimum Gasteiger partial charge on any atom is -0.490 e. The minimum atomic E-state index is -1.38. The summed E-state index contributed by atoms with van der Waals surface area (Å²) in [6, 6.07) is 3.51. The summed E-state index contributed by atoms with van der Waals surface area (Å²) in [5.41, 5.74) is -0.123. The van der Waals surface area contributed by atoms with Crippen LogP contribution in [-0.2, 0) is 12.2 Å². The molecule has 0 radical (unpaired) electrons. The van der Waals surface area contributed by atoms with Crippen LogP contribution in [0.25, 0.3) is 5.65 Å². The van der Waals surface area contributed by atoms with Gasteiger partial charge in [0.2, 0.25) is 11.8 Å². The summed E-state index contributed by atoms with van der Waals surface area (Å²) >= 11 is 0. The van der Waals surface area contributed by atoms with Crippen molar-refractivity contribution in [3.05, 3.63) is 41.5 Å². The number of aliphatic hydroxyl groups excluding tert-OH is 1. The van der Waals surface area contributed by atoms with E-state index in [9.17, 15) is 14.3 Å². The summed E-state index contributed by atoms with van der Waals surface area (Å²) in [5.74, 6) is -0.277. The van der Waals surface area contributed by atoms with Crippen molar-refractivity contribution in [3.8, 4) is 5.75 Å². The van der Waals surface area contributed by atoms with E-state index in [0.29, 0.717) is 23.7 Å². The number of ether oxygens (including phenoxy) is 1. The number of pyridine rings is 1. The Balaban J connectivity index is 1.97. The van der Waals surface area contributed by atoms with Gasteiger partial charge in [0.05, 0.1) is 18.9 Å². The van der Waals surface area contributed by atoms with E-state index in [2.05, 4.69) is 20.5 Å². The van der Waals surface area contributed by atoms with Crippen molar-refractivity contribution in [2.45, 2.75) is 33.0 Å². The lowest BCUT2D eigenvalue weighted by Gasteiger charge is -2.24. The molecule has 0 aliphatic carbocycles.